The Morgan fingerprint density at radius 2 is 1.82 bits per heavy atom. The molecule has 1 unspecified atom stereocenters. The number of carbonyl (C=O) groups is 1. The topological polar surface area (TPSA) is 79.1 Å². The number of tetrazole rings is 1. The van der Waals surface area contributed by atoms with Crippen molar-refractivity contribution in [2.75, 3.05) is 5.75 Å². The maximum atomic E-state index is 12.1. The molecule has 0 amide bonds. The molecular weight excluding hydrogens is 376 g/mol. The van der Waals surface area contributed by atoms with Gasteiger partial charge < -0.3 is 9.47 Å². The number of benzene rings is 2. The third-order valence-electron chi connectivity index (χ3n) is 4.41. The van der Waals surface area contributed by atoms with Crippen molar-refractivity contribution in [3.63, 3.8) is 0 Å². The minimum Gasteiger partial charge on any atom is -0.430 e. The van der Waals surface area contributed by atoms with Crippen LogP contribution < -0.4 is 0 Å². The number of hydrogen-bond donors (Lipinski definition) is 0. The van der Waals surface area contributed by atoms with Crippen LogP contribution in [0.25, 0.3) is 5.69 Å². The van der Waals surface area contributed by atoms with Crippen LogP contribution in [0.15, 0.2) is 65.8 Å². The van der Waals surface area contributed by atoms with Gasteiger partial charge in [0.25, 0.3) is 0 Å². The molecule has 0 saturated heterocycles. The van der Waals surface area contributed by atoms with Crippen LogP contribution in [0.2, 0.25) is 0 Å². The highest BCUT2D eigenvalue weighted by atomic mass is 32.2. The van der Waals surface area contributed by atoms with Crippen LogP contribution in [0.5, 0.6) is 0 Å². The third-order valence-corrected chi connectivity index (χ3v) is 5.42. The number of hydrogen-bond acceptors (Lipinski definition) is 7. The van der Waals surface area contributed by atoms with Crippen LogP contribution in [-0.4, -0.2) is 38.2 Å². The molecule has 1 atom stereocenters. The van der Waals surface area contributed by atoms with Crippen molar-refractivity contribution in [3.05, 3.63) is 66.2 Å². The fourth-order valence-electron chi connectivity index (χ4n) is 2.77. The van der Waals surface area contributed by atoms with Crippen LogP contribution >= 0.6 is 11.8 Å². The summed E-state index contributed by atoms with van der Waals surface area (Å²) in [5, 5.41) is 12.6. The first kappa shape index (κ1) is 18.5. The maximum absolute atomic E-state index is 12.1. The van der Waals surface area contributed by atoms with Gasteiger partial charge in [-0.1, -0.05) is 60.3 Å². The van der Waals surface area contributed by atoms with Gasteiger partial charge >= 0.3 is 6.16 Å². The quantitative estimate of drug-likeness (QED) is 0.422. The van der Waals surface area contributed by atoms with Crippen molar-refractivity contribution in [1.82, 2.24) is 20.2 Å². The van der Waals surface area contributed by atoms with Gasteiger partial charge in [0.2, 0.25) is 5.16 Å². The number of thioether (sulfide) groups is 1. The molecule has 4 rings (SSSR count). The normalized spacial score (nSPS) is 14.4. The summed E-state index contributed by atoms with van der Waals surface area (Å²) in [6, 6.07) is 19.2. The van der Waals surface area contributed by atoms with Gasteiger partial charge in [-0.15, -0.1) is 5.10 Å². The highest BCUT2D eigenvalue weighted by Crippen LogP contribution is 2.37. The zero-order chi connectivity index (χ0) is 19.2. The first-order valence-electron chi connectivity index (χ1n) is 9.13. The minimum atomic E-state index is -0.635. The fraction of sp³-hybridized carbons (Fsp3) is 0.300. The lowest BCUT2D eigenvalue weighted by Gasteiger charge is -2.16. The van der Waals surface area contributed by atoms with Crippen molar-refractivity contribution in [3.8, 4) is 5.69 Å². The van der Waals surface area contributed by atoms with Gasteiger partial charge in [-0.3, -0.25) is 0 Å². The highest BCUT2D eigenvalue weighted by molar-refractivity contribution is 7.99. The fourth-order valence-corrected chi connectivity index (χ4v) is 3.78. The Morgan fingerprint density at radius 1 is 1.11 bits per heavy atom. The van der Waals surface area contributed by atoms with Gasteiger partial charge in [-0.25, -0.2) is 4.79 Å². The van der Waals surface area contributed by atoms with Gasteiger partial charge in [-0.05, 0) is 46.9 Å². The van der Waals surface area contributed by atoms with E-state index in [0.29, 0.717) is 16.8 Å². The largest absolute Gasteiger partial charge is 0.508 e. The summed E-state index contributed by atoms with van der Waals surface area (Å²) in [4.78, 5) is 12.1. The van der Waals surface area contributed by atoms with Crippen LogP contribution in [0, 0.1) is 5.92 Å². The average Bonchev–Trinajstić information content (AvgIpc) is 3.48. The SMILES string of the molecule is O=C(OCc1ccccc1)OC(CSc1nnnn1-c1ccccc1)C1CC1. The summed E-state index contributed by atoms with van der Waals surface area (Å²) < 4.78 is 12.5. The average molecular weight is 396 g/mol. The zero-order valence-electron chi connectivity index (χ0n) is 15.2. The lowest BCUT2D eigenvalue weighted by Crippen LogP contribution is -2.23. The number of aromatic nitrogens is 4. The molecule has 7 nitrogen and oxygen atoms in total. The van der Waals surface area contributed by atoms with Gasteiger partial charge in [0.1, 0.15) is 12.7 Å². The molecule has 0 radical (unpaired) electrons. The third kappa shape index (κ3) is 4.89. The Kier molecular flexibility index (Phi) is 5.86. The molecule has 1 saturated carbocycles. The number of carbonyl (C=O) groups excluding carboxylic acids is 1. The van der Waals surface area contributed by atoms with E-state index in [-0.39, 0.29) is 12.7 Å². The molecular formula is C20H20N4O3S. The van der Waals surface area contributed by atoms with Crippen LogP contribution in [0.3, 0.4) is 0 Å². The van der Waals surface area contributed by atoms with E-state index in [4.69, 9.17) is 9.47 Å². The Hall–Kier alpha value is -2.87. The Balaban J connectivity index is 1.32. The maximum Gasteiger partial charge on any atom is 0.508 e. The van der Waals surface area contributed by atoms with Gasteiger partial charge in [-0.2, -0.15) is 4.68 Å². The van der Waals surface area contributed by atoms with E-state index in [1.807, 2.05) is 60.7 Å². The van der Waals surface area contributed by atoms with Gasteiger partial charge in [0, 0.05) is 5.75 Å². The predicted molar refractivity (Wildman–Crippen MR) is 104 cm³/mol. The lowest BCUT2D eigenvalue weighted by atomic mass is 10.2. The molecule has 1 fully saturated rings. The molecule has 0 spiro atoms. The summed E-state index contributed by atoms with van der Waals surface area (Å²) in [5.74, 6) is 0.955. The molecule has 0 aliphatic heterocycles. The standard InChI is InChI=1S/C20H20N4O3S/c25-20(26-13-15-7-3-1-4-8-15)27-18(16-11-12-16)14-28-19-21-22-23-24(19)17-9-5-2-6-10-17/h1-10,16,18H,11-14H2. The summed E-state index contributed by atoms with van der Waals surface area (Å²) in [6.07, 6.45) is 1.26. The summed E-state index contributed by atoms with van der Waals surface area (Å²) in [5.41, 5.74) is 1.82. The van der Waals surface area contributed by atoms with Gasteiger partial charge in [0.15, 0.2) is 0 Å². The monoisotopic (exact) mass is 396 g/mol. The first-order chi connectivity index (χ1) is 13.8. The second-order valence-electron chi connectivity index (χ2n) is 6.54. The molecule has 1 aliphatic carbocycles. The molecule has 0 bridgehead atoms. The Labute approximate surface area is 167 Å². The van der Waals surface area contributed by atoms with E-state index in [0.717, 1.165) is 24.1 Å². The van der Waals surface area contributed by atoms with E-state index in [9.17, 15) is 4.79 Å². The summed E-state index contributed by atoms with van der Waals surface area (Å²) in [7, 11) is 0. The molecule has 1 aromatic heterocycles. The van der Waals surface area contributed by atoms with E-state index in [1.165, 1.54) is 11.8 Å². The number of ether oxygens (including phenoxy) is 2. The molecule has 1 heterocycles. The molecule has 8 heteroatoms. The summed E-state index contributed by atoms with van der Waals surface area (Å²) >= 11 is 1.48. The van der Waals surface area contributed by atoms with E-state index in [1.54, 1.807) is 4.68 Å². The number of nitrogens with zero attached hydrogens (tertiary/aromatic N) is 4. The van der Waals surface area contributed by atoms with Crippen LogP contribution in [0.1, 0.15) is 18.4 Å². The second kappa shape index (κ2) is 8.88. The van der Waals surface area contributed by atoms with Crippen molar-refractivity contribution in [1.29, 1.82) is 0 Å². The second-order valence-corrected chi connectivity index (χ2v) is 7.52. The van der Waals surface area contributed by atoms with Crippen LogP contribution in [-0.2, 0) is 16.1 Å². The smallest absolute Gasteiger partial charge is 0.430 e. The number of para-hydroxylation sites is 1. The zero-order valence-corrected chi connectivity index (χ0v) is 16.0. The van der Waals surface area contributed by atoms with Crippen molar-refractivity contribution in [2.45, 2.75) is 30.7 Å². The summed E-state index contributed by atoms with van der Waals surface area (Å²) in [6.45, 7) is 0.205. The predicted octanol–water partition coefficient (Wildman–Crippen LogP) is 3.89. The Bertz CT molecular complexity index is 900. The Morgan fingerprint density at radius 3 is 2.54 bits per heavy atom. The molecule has 2 aromatic carbocycles. The molecule has 1 aliphatic rings. The van der Waals surface area contributed by atoms with Gasteiger partial charge in [0.05, 0.1) is 5.69 Å². The molecule has 0 N–H and O–H groups in total. The first-order valence-corrected chi connectivity index (χ1v) is 10.1. The minimum absolute atomic E-state index is 0.205. The van der Waals surface area contributed by atoms with E-state index in [2.05, 4.69) is 15.5 Å². The lowest BCUT2D eigenvalue weighted by molar-refractivity contribution is 0.0195. The van der Waals surface area contributed by atoms with Crippen molar-refractivity contribution < 1.29 is 14.3 Å². The van der Waals surface area contributed by atoms with Crippen LogP contribution in [0.4, 0.5) is 4.79 Å². The molecule has 28 heavy (non-hydrogen) atoms. The molecule has 3 aromatic rings. The van der Waals surface area contributed by atoms with Crippen molar-refractivity contribution in [2.24, 2.45) is 5.92 Å². The number of rotatable bonds is 8. The highest BCUT2D eigenvalue weighted by Gasteiger charge is 2.35. The van der Waals surface area contributed by atoms with E-state index < -0.39 is 6.16 Å². The molecule has 144 valence electrons. The van der Waals surface area contributed by atoms with E-state index >= 15 is 0 Å². The van der Waals surface area contributed by atoms with Crippen molar-refractivity contribution >= 4 is 17.9 Å².